The molecule has 0 spiro atoms. The van der Waals surface area contributed by atoms with Gasteiger partial charge in [0.1, 0.15) is 5.75 Å². The molecule has 0 saturated heterocycles. The second-order valence-corrected chi connectivity index (χ2v) is 6.75. The van der Waals surface area contributed by atoms with Gasteiger partial charge in [-0.25, -0.2) is 17.4 Å². The average Bonchev–Trinajstić information content (AvgIpc) is 3.01. The Balaban J connectivity index is 2.15. The van der Waals surface area contributed by atoms with Crippen molar-refractivity contribution < 1.29 is 13.5 Å². The van der Waals surface area contributed by atoms with E-state index in [-0.39, 0.29) is 21.5 Å². The topological polar surface area (TPSA) is 72.2 Å². The Labute approximate surface area is 132 Å². The predicted molar refractivity (Wildman–Crippen MR) is 83.4 cm³/mol. The molecule has 3 rings (SSSR count). The normalized spacial score (nSPS) is 11.5. The smallest absolute Gasteiger partial charge is 0.269 e. The van der Waals surface area contributed by atoms with E-state index in [0.29, 0.717) is 5.56 Å². The number of aromatic hydroxyl groups is 1. The molecule has 0 aliphatic rings. The van der Waals surface area contributed by atoms with Gasteiger partial charge in [-0.1, -0.05) is 29.8 Å². The van der Waals surface area contributed by atoms with Gasteiger partial charge in [0.2, 0.25) is 0 Å². The van der Waals surface area contributed by atoms with E-state index in [4.69, 9.17) is 11.6 Å². The molecule has 0 atom stereocenters. The van der Waals surface area contributed by atoms with Crippen LogP contribution in [0.1, 0.15) is 0 Å². The number of halogens is 1. The van der Waals surface area contributed by atoms with Crippen molar-refractivity contribution in [1.82, 2.24) is 8.96 Å². The molecule has 0 bridgehead atoms. The molecule has 22 heavy (non-hydrogen) atoms. The fourth-order valence-electron chi connectivity index (χ4n) is 2.04. The van der Waals surface area contributed by atoms with Crippen molar-refractivity contribution in [2.45, 2.75) is 4.90 Å². The van der Waals surface area contributed by atoms with Gasteiger partial charge in [-0.3, -0.25) is 0 Å². The highest BCUT2D eigenvalue weighted by Crippen LogP contribution is 2.30. The molecule has 1 heterocycles. The monoisotopic (exact) mass is 334 g/mol. The van der Waals surface area contributed by atoms with Crippen molar-refractivity contribution in [3.63, 3.8) is 0 Å². The molecule has 1 N–H and O–H groups in total. The molecule has 112 valence electrons. The molecule has 0 saturated carbocycles. The van der Waals surface area contributed by atoms with Crippen molar-refractivity contribution >= 4 is 21.6 Å². The summed E-state index contributed by atoms with van der Waals surface area (Å²) >= 11 is 5.88. The van der Waals surface area contributed by atoms with Crippen LogP contribution in [0.4, 0.5) is 0 Å². The molecule has 0 aliphatic carbocycles. The van der Waals surface area contributed by atoms with E-state index in [9.17, 15) is 13.5 Å². The van der Waals surface area contributed by atoms with Crippen LogP contribution in [0.3, 0.4) is 0 Å². The zero-order valence-electron chi connectivity index (χ0n) is 11.2. The van der Waals surface area contributed by atoms with E-state index >= 15 is 0 Å². The SMILES string of the molecule is O=S(=O)(c1ccccc1)n1ccnc1-c1ccc(O)c(Cl)c1. The summed E-state index contributed by atoms with van der Waals surface area (Å²) in [7, 11) is -3.75. The number of phenolic OH excluding ortho intramolecular Hbond substituents is 1. The van der Waals surface area contributed by atoms with E-state index in [0.717, 1.165) is 3.97 Å². The molecule has 7 heteroatoms. The summed E-state index contributed by atoms with van der Waals surface area (Å²) in [6, 6.07) is 12.5. The minimum absolute atomic E-state index is 0.0746. The Kier molecular flexibility index (Phi) is 3.64. The van der Waals surface area contributed by atoms with Crippen LogP contribution in [0.5, 0.6) is 5.75 Å². The Morgan fingerprint density at radius 3 is 2.50 bits per heavy atom. The minimum atomic E-state index is -3.75. The third kappa shape index (κ3) is 2.47. The van der Waals surface area contributed by atoms with Gasteiger partial charge in [0.25, 0.3) is 10.0 Å². The number of nitrogens with zero attached hydrogens (tertiary/aromatic N) is 2. The zero-order valence-corrected chi connectivity index (χ0v) is 12.8. The first-order valence-corrected chi connectivity index (χ1v) is 8.15. The van der Waals surface area contributed by atoms with E-state index in [1.807, 2.05) is 0 Å². The number of hydrogen-bond donors (Lipinski definition) is 1. The first-order valence-electron chi connectivity index (χ1n) is 6.33. The summed E-state index contributed by atoms with van der Waals surface area (Å²) in [4.78, 5) is 4.26. The van der Waals surface area contributed by atoms with Crippen LogP contribution in [0.15, 0.2) is 65.8 Å². The first-order chi connectivity index (χ1) is 10.5. The molecular formula is C15H11ClN2O3S. The van der Waals surface area contributed by atoms with Crippen LogP contribution in [0.25, 0.3) is 11.4 Å². The fourth-order valence-corrected chi connectivity index (χ4v) is 3.54. The summed E-state index contributed by atoms with van der Waals surface area (Å²) in [5, 5.41) is 9.60. The maximum Gasteiger partial charge on any atom is 0.269 e. The van der Waals surface area contributed by atoms with Gasteiger partial charge in [-0.05, 0) is 30.3 Å². The van der Waals surface area contributed by atoms with Gasteiger partial charge < -0.3 is 5.11 Å². The number of phenols is 1. The summed E-state index contributed by atoms with van der Waals surface area (Å²) in [5.74, 6) is 0.153. The maximum absolute atomic E-state index is 12.7. The Morgan fingerprint density at radius 2 is 1.82 bits per heavy atom. The van der Waals surface area contributed by atoms with E-state index in [2.05, 4.69) is 4.98 Å². The van der Waals surface area contributed by atoms with Crippen LogP contribution in [0, 0.1) is 0 Å². The van der Waals surface area contributed by atoms with Crippen LogP contribution >= 0.6 is 11.6 Å². The lowest BCUT2D eigenvalue weighted by atomic mass is 10.2. The van der Waals surface area contributed by atoms with Crippen molar-refractivity contribution in [1.29, 1.82) is 0 Å². The van der Waals surface area contributed by atoms with Crippen LogP contribution < -0.4 is 0 Å². The van der Waals surface area contributed by atoms with Crippen molar-refractivity contribution in [2.24, 2.45) is 0 Å². The van der Waals surface area contributed by atoms with Crippen molar-refractivity contribution in [3.05, 3.63) is 65.9 Å². The van der Waals surface area contributed by atoms with Crippen molar-refractivity contribution in [3.8, 4) is 17.1 Å². The van der Waals surface area contributed by atoms with E-state index in [1.165, 1.54) is 36.7 Å². The molecular weight excluding hydrogens is 324 g/mol. The highest BCUT2D eigenvalue weighted by atomic mass is 35.5. The molecule has 3 aromatic rings. The number of imidazole rings is 1. The Morgan fingerprint density at radius 1 is 1.09 bits per heavy atom. The number of aromatic nitrogens is 2. The second-order valence-electron chi connectivity index (χ2n) is 4.53. The number of benzene rings is 2. The van der Waals surface area contributed by atoms with Gasteiger partial charge in [0.15, 0.2) is 5.82 Å². The molecule has 1 aromatic heterocycles. The van der Waals surface area contributed by atoms with Crippen molar-refractivity contribution in [2.75, 3.05) is 0 Å². The zero-order chi connectivity index (χ0) is 15.7. The molecule has 0 aliphatic heterocycles. The van der Waals surface area contributed by atoms with Gasteiger partial charge >= 0.3 is 0 Å². The average molecular weight is 335 g/mol. The predicted octanol–water partition coefficient (Wildman–Crippen LogP) is 3.15. The molecule has 0 amide bonds. The molecule has 5 nitrogen and oxygen atoms in total. The summed E-state index contributed by atoms with van der Waals surface area (Å²) in [5.41, 5.74) is 0.493. The molecule has 0 unspecified atom stereocenters. The van der Waals surface area contributed by atoms with Crippen LogP contribution in [0.2, 0.25) is 5.02 Å². The quantitative estimate of drug-likeness (QED) is 0.798. The number of rotatable bonds is 3. The summed E-state index contributed by atoms with van der Waals surface area (Å²) in [6.45, 7) is 0. The summed E-state index contributed by atoms with van der Waals surface area (Å²) < 4.78 is 26.5. The van der Waals surface area contributed by atoms with E-state index < -0.39 is 10.0 Å². The van der Waals surface area contributed by atoms with Gasteiger partial charge in [-0.2, -0.15) is 0 Å². The van der Waals surface area contributed by atoms with Gasteiger partial charge in [0.05, 0.1) is 9.92 Å². The Bertz CT molecular complexity index is 921. The summed E-state index contributed by atoms with van der Waals surface area (Å²) in [6.07, 6.45) is 2.77. The first kappa shape index (κ1) is 14.6. The third-order valence-corrected chi connectivity index (χ3v) is 5.10. The standard InChI is InChI=1S/C15H11ClN2O3S/c16-13-10-11(6-7-14(13)19)15-17-8-9-18(15)22(20,21)12-4-2-1-3-5-12/h1-10,19H. The highest BCUT2D eigenvalue weighted by Gasteiger charge is 2.21. The lowest BCUT2D eigenvalue weighted by molar-refractivity contribution is 0.475. The van der Waals surface area contributed by atoms with Crippen LogP contribution in [-0.2, 0) is 10.0 Å². The number of hydrogen-bond acceptors (Lipinski definition) is 4. The molecule has 0 radical (unpaired) electrons. The van der Waals surface area contributed by atoms with Gasteiger partial charge in [-0.15, -0.1) is 0 Å². The largest absolute Gasteiger partial charge is 0.506 e. The van der Waals surface area contributed by atoms with Crippen LogP contribution in [-0.4, -0.2) is 22.5 Å². The minimum Gasteiger partial charge on any atom is -0.506 e. The molecule has 2 aromatic carbocycles. The highest BCUT2D eigenvalue weighted by molar-refractivity contribution is 7.90. The lowest BCUT2D eigenvalue weighted by Crippen LogP contribution is -2.13. The maximum atomic E-state index is 12.7. The fraction of sp³-hybridized carbons (Fsp3) is 0. The molecule has 0 fully saturated rings. The third-order valence-electron chi connectivity index (χ3n) is 3.11. The van der Waals surface area contributed by atoms with Gasteiger partial charge in [0, 0.05) is 18.0 Å². The Hall–Kier alpha value is -2.31. The van der Waals surface area contributed by atoms with E-state index in [1.54, 1.807) is 24.3 Å². The second kappa shape index (κ2) is 5.47. The lowest BCUT2D eigenvalue weighted by Gasteiger charge is -2.09.